The molecule has 0 bridgehead atoms. The van der Waals surface area contributed by atoms with Gasteiger partial charge in [-0.15, -0.1) is 0 Å². The lowest BCUT2D eigenvalue weighted by molar-refractivity contribution is 0.0205. The van der Waals surface area contributed by atoms with E-state index in [9.17, 15) is 14.0 Å². The lowest BCUT2D eigenvalue weighted by Crippen LogP contribution is -2.45. The lowest BCUT2D eigenvalue weighted by atomic mass is 9.83. The molecular weight excluding hydrogens is 397 g/mol. The van der Waals surface area contributed by atoms with Gasteiger partial charge in [0, 0.05) is 23.4 Å². The number of nitrogens with one attached hydrogen (secondary N) is 3. The summed E-state index contributed by atoms with van der Waals surface area (Å²) in [4.78, 5) is 27.4. The van der Waals surface area contributed by atoms with Crippen LogP contribution in [-0.2, 0) is 0 Å². The molecule has 3 aromatic rings. The van der Waals surface area contributed by atoms with Crippen LogP contribution in [0.1, 0.15) is 50.3 Å². The summed E-state index contributed by atoms with van der Waals surface area (Å²) in [5.74, 6) is -0.216. The Kier molecular flexibility index (Phi) is 5.43. The SMILES string of the molecule is CCC1(CC)C[C@@H](NC(=O)Nc2c(C)ccc3[nH]c(=O)ccc23)c2cccc(F)c2O1. The first-order valence-electron chi connectivity index (χ1n) is 10.5. The van der Waals surface area contributed by atoms with E-state index in [0.29, 0.717) is 36.0 Å². The average molecular weight is 423 g/mol. The molecule has 0 spiro atoms. The van der Waals surface area contributed by atoms with Crippen LogP contribution in [0.2, 0.25) is 0 Å². The van der Waals surface area contributed by atoms with E-state index in [4.69, 9.17) is 4.74 Å². The minimum absolute atomic E-state index is 0.205. The third-order valence-corrected chi connectivity index (χ3v) is 6.21. The maximum absolute atomic E-state index is 14.5. The quantitative estimate of drug-likeness (QED) is 0.541. The highest BCUT2D eigenvalue weighted by Gasteiger charge is 2.40. The summed E-state index contributed by atoms with van der Waals surface area (Å²) in [6.07, 6.45) is 1.95. The number of carbonyl (C=O) groups excluding carboxylic acids is 1. The molecule has 1 atom stereocenters. The molecule has 0 aliphatic carbocycles. The number of urea groups is 1. The minimum Gasteiger partial charge on any atom is -0.484 e. The van der Waals surface area contributed by atoms with Crippen molar-refractivity contribution in [2.45, 2.75) is 51.7 Å². The fourth-order valence-electron chi connectivity index (χ4n) is 4.28. The second-order valence-electron chi connectivity index (χ2n) is 8.05. The van der Waals surface area contributed by atoms with Gasteiger partial charge in [0.15, 0.2) is 11.6 Å². The van der Waals surface area contributed by atoms with Crippen molar-refractivity contribution in [1.29, 1.82) is 0 Å². The van der Waals surface area contributed by atoms with Crippen LogP contribution in [-0.4, -0.2) is 16.6 Å². The Hall–Kier alpha value is -3.35. The number of H-pyrrole nitrogens is 1. The van der Waals surface area contributed by atoms with Crippen LogP contribution in [0, 0.1) is 12.7 Å². The van der Waals surface area contributed by atoms with Gasteiger partial charge in [-0.1, -0.05) is 32.0 Å². The number of fused-ring (bicyclic) bond motifs is 2. The van der Waals surface area contributed by atoms with Gasteiger partial charge in [0.2, 0.25) is 5.56 Å². The van der Waals surface area contributed by atoms with E-state index >= 15 is 0 Å². The molecule has 0 unspecified atom stereocenters. The standard InChI is InChI=1S/C24H26FN3O3/c1-4-24(5-2)13-19(16-7-6-8-17(25)22(16)31-24)27-23(30)28-21-14(3)9-11-18-15(21)10-12-20(29)26-18/h6-12,19H,4-5,13H2,1-3H3,(H,26,29)(H2,27,28,30)/t19-/m1/s1. The molecule has 31 heavy (non-hydrogen) atoms. The molecular formula is C24H26FN3O3. The molecule has 1 aromatic heterocycles. The smallest absolute Gasteiger partial charge is 0.319 e. The van der Waals surface area contributed by atoms with Crippen LogP contribution in [0.25, 0.3) is 10.9 Å². The van der Waals surface area contributed by atoms with Crippen LogP contribution in [0.5, 0.6) is 5.75 Å². The number of anilines is 1. The van der Waals surface area contributed by atoms with E-state index < -0.39 is 23.5 Å². The van der Waals surface area contributed by atoms with E-state index in [0.717, 1.165) is 10.9 Å². The van der Waals surface area contributed by atoms with E-state index in [1.54, 1.807) is 18.2 Å². The average Bonchev–Trinajstić information content (AvgIpc) is 2.76. The number of carbonyl (C=O) groups is 1. The Morgan fingerprint density at radius 3 is 2.71 bits per heavy atom. The van der Waals surface area contributed by atoms with E-state index in [1.165, 1.54) is 12.1 Å². The summed E-state index contributed by atoms with van der Waals surface area (Å²) in [7, 11) is 0. The van der Waals surface area contributed by atoms with Crippen LogP contribution in [0.4, 0.5) is 14.9 Å². The molecule has 3 N–H and O–H groups in total. The van der Waals surface area contributed by atoms with E-state index in [-0.39, 0.29) is 11.3 Å². The largest absolute Gasteiger partial charge is 0.484 e. The summed E-state index contributed by atoms with van der Waals surface area (Å²) in [6.45, 7) is 5.90. The van der Waals surface area contributed by atoms with Gasteiger partial charge in [-0.25, -0.2) is 9.18 Å². The number of aryl methyl sites for hydroxylation is 1. The van der Waals surface area contributed by atoms with Gasteiger partial charge in [-0.05, 0) is 43.5 Å². The van der Waals surface area contributed by atoms with Gasteiger partial charge in [0.05, 0.1) is 17.2 Å². The van der Waals surface area contributed by atoms with Crippen molar-refractivity contribution in [3.63, 3.8) is 0 Å². The Morgan fingerprint density at radius 1 is 1.19 bits per heavy atom. The van der Waals surface area contributed by atoms with Crippen molar-refractivity contribution < 1.29 is 13.9 Å². The normalized spacial score (nSPS) is 17.0. The molecule has 0 radical (unpaired) electrons. The Balaban J connectivity index is 1.65. The van der Waals surface area contributed by atoms with Gasteiger partial charge in [-0.2, -0.15) is 0 Å². The number of benzene rings is 2. The number of halogens is 1. The Morgan fingerprint density at radius 2 is 1.97 bits per heavy atom. The number of aromatic amines is 1. The maximum atomic E-state index is 14.5. The lowest BCUT2D eigenvalue weighted by Gasteiger charge is -2.41. The number of hydrogen-bond acceptors (Lipinski definition) is 3. The summed E-state index contributed by atoms with van der Waals surface area (Å²) < 4.78 is 20.6. The topological polar surface area (TPSA) is 83.2 Å². The first kappa shape index (κ1) is 20.9. The third-order valence-electron chi connectivity index (χ3n) is 6.21. The number of ether oxygens (including phenoxy) is 1. The summed E-state index contributed by atoms with van der Waals surface area (Å²) >= 11 is 0. The zero-order valence-electron chi connectivity index (χ0n) is 17.8. The van der Waals surface area contributed by atoms with Crippen LogP contribution < -0.4 is 20.9 Å². The number of rotatable bonds is 4. The van der Waals surface area contributed by atoms with Crippen molar-refractivity contribution >= 4 is 22.6 Å². The predicted octanol–water partition coefficient (Wildman–Crippen LogP) is 5.18. The minimum atomic E-state index is -0.540. The van der Waals surface area contributed by atoms with Gasteiger partial charge < -0.3 is 20.4 Å². The van der Waals surface area contributed by atoms with Crippen LogP contribution in [0.15, 0.2) is 47.3 Å². The molecule has 2 amide bonds. The molecule has 6 nitrogen and oxygen atoms in total. The van der Waals surface area contributed by atoms with Crippen molar-refractivity contribution in [3.8, 4) is 5.75 Å². The Bertz CT molecular complexity index is 1200. The molecule has 0 saturated heterocycles. The monoisotopic (exact) mass is 423 g/mol. The Labute approximate surface area is 179 Å². The van der Waals surface area contributed by atoms with Gasteiger partial charge >= 0.3 is 6.03 Å². The molecule has 2 heterocycles. The maximum Gasteiger partial charge on any atom is 0.319 e. The zero-order chi connectivity index (χ0) is 22.2. The van der Waals surface area contributed by atoms with Crippen LogP contribution >= 0.6 is 0 Å². The highest BCUT2D eigenvalue weighted by Crippen LogP contribution is 2.44. The summed E-state index contributed by atoms with van der Waals surface area (Å²) in [5.41, 5.74) is 2.01. The second kappa shape index (κ2) is 8.06. The molecule has 1 aliphatic heterocycles. The first-order chi connectivity index (χ1) is 14.9. The number of aromatic nitrogens is 1. The third kappa shape index (κ3) is 3.87. The van der Waals surface area contributed by atoms with E-state index in [2.05, 4.69) is 15.6 Å². The fraction of sp³-hybridized carbons (Fsp3) is 0.333. The van der Waals surface area contributed by atoms with Crippen LogP contribution in [0.3, 0.4) is 0 Å². The number of amides is 2. The summed E-state index contributed by atoms with van der Waals surface area (Å²) in [5, 5.41) is 6.67. The fourth-order valence-corrected chi connectivity index (χ4v) is 4.28. The number of hydrogen-bond donors (Lipinski definition) is 3. The highest BCUT2D eigenvalue weighted by molar-refractivity contribution is 6.01. The molecule has 7 heteroatoms. The van der Waals surface area contributed by atoms with Crippen molar-refractivity contribution in [1.82, 2.24) is 10.3 Å². The molecule has 0 saturated carbocycles. The van der Waals surface area contributed by atoms with E-state index in [1.807, 2.05) is 32.9 Å². The second-order valence-corrected chi connectivity index (χ2v) is 8.05. The molecule has 4 rings (SSSR count). The highest BCUT2D eigenvalue weighted by atomic mass is 19.1. The van der Waals surface area contributed by atoms with Gasteiger partial charge in [0.25, 0.3) is 0 Å². The molecule has 2 aromatic carbocycles. The van der Waals surface area contributed by atoms with Crippen molar-refractivity contribution in [2.75, 3.05) is 5.32 Å². The first-order valence-corrected chi connectivity index (χ1v) is 10.5. The predicted molar refractivity (Wildman–Crippen MR) is 119 cm³/mol. The molecule has 1 aliphatic rings. The molecule has 162 valence electrons. The summed E-state index contributed by atoms with van der Waals surface area (Å²) in [6, 6.07) is 10.8. The van der Waals surface area contributed by atoms with Crippen molar-refractivity contribution in [3.05, 3.63) is 69.8 Å². The van der Waals surface area contributed by atoms with Gasteiger partial charge in [-0.3, -0.25) is 4.79 Å². The van der Waals surface area contributed by atoms with Crippen molar-refractivity contribution in [2.24, 2.45) is 0 Å². The number of pyridine rings is 1. The molecule has 0 fully saturated rings. The zero-order valence-corrected chi connectivity index (χ0v) is 17.8. The van der Waals surface area contributed by atoms with Gasteiger partial charge in [0.1, 0.15) is 5.60 Å². The number of para-hydroxylation sites is 1.